The number of nitrogens with two attached hydrogens (primary N) is 1. The molecule has 2 N–H and O–H groups in total. The molecule has 0 saturated carbocycles. The molecule has 0 saturated heterocycles. The van der Waals surface area contributed by atoms with Crippen LogP contribution < -0.4 is 15.4 Å². The van der Waals surface area contributed by atoms with Crippen LogP contribution in [0.4, 0.5) is 11.5 Å². The molecule has 0 fully saturated rings. The fourth-order valence-corrected chi connectivity index (χ4v) is 2.17. The molecule has 2 aromatic rings. The van der Waals surface area contributed by atoms with E-state index in [2.05, 4.69) is 16.9 Å². The molecule has 0 unspecified atom stereocenters. The zero-order chi connectivity index (χ0) is 16.1. The zero-order valence-corrected chi connectivity index (χ0v) is 13.9. The number of aromatic nitrogens is 2. The molecule has 0 aliphatic rings. The number of nitrogen functional groups attached to an aromatic ring is 1. The Labute approximate surface area is 136 Å². The minimum absolute atomic E-state index is 0.357. The third kappa shape index (κ3) is 3.80. The van der Waals surface area contributed by atoms with Gasteiger partial charge in [0.25, 0.3) is 0 Å². The molecular formula is C16H21ClN4O. The fraction of sp³-hybridized carbons (Fsp3) is 0.375. The maximum Gasteiger partial charge on any atom is 0.248 e. The Balaban J connectivity index is 2.22. The van der Waals surface area contributed by atoms with Crippen LogP contribution in [0.25, 0.3) is 0 Å². The molecular weight excluding hydrogens is 300 g/mol. The molecule has 0 bridgehead atoms. The van der Waals surface area contributed by atoms with Crippen molar-refractivity contribution in [3.8, 4) is 11.6 Å². The number of rotatable bonds is 6. The number of ether oxygens (including phenoxy) is 1. The molecule has 0 amide bonds. The Kier molecular flexibility index (Phi) is 5.44. The number of halogens is 1. The van der Waals surface area contributed by atoms with Crippen molar-refractivity contribution in [3.63, 3.8) is 0 Å². The molecule has 0 radical (unpaired) electrons. The minimum atomic E-state index is 0.357. The van der Waals surface area contributed by atoms with Crippen LogP contribution in [-0.4, -0.2) is 23.6 Å². The van der Waals surface area contributed by atoms with Crippen LogP contribution in [0.5, 0.6) is 11.6 Å². The number of unbranched alkanes of at least 4 members (excludes halogenated alkanes) is 1. The Morgan fingerprint density at radius 3 is 2.77 bits per heavy atom. The number of nitrogens with zero attached hydrogens (tertiary/aromatic N) is 3. The molecule has 2 rings (SSSR count). The van der Waals surface area contributed by atoms with Crippen molar-refractivity contribution in [2.75, 3.05) is 24.2 Å². The van der Waals surface area contributed by atoms with Gasteiger partial charge in [-0.15, -0.1) is 0 Å². The minimum Gasteiger partial charge on any atom is -0.437 e. The Morgan fingerprint density at radius 1 is 1.32 bits per heavy atom. The van der Waals surface area contributed by atoms with Gasteiger partial charge >= 0.3 is 0 Å². The van der Waals surface area contributed by atoms with Gasteiger partial charge in [0, 0.05) is 18.6 Å². The summed E-state index contributed by atoms with van der Waals surface area (Å²) in [6.45, 7) is 4.95. The van der Waals surface area contributed by atoms with E-state index in [1.165, 1.54) is 6.33 Å². The number of anilines is 2. The van der Waals surface area contributed by atoms with Crippen molar-refractivity contribution >= 4 is 23.1 Å². The molecule has 6 heteroatoms. The van der Waals surface area contributed by atoms with Crippen LogP contribution in [0.3, 0.4) is 0 Å². The fourth-order valence-electron chi connectivity index (χ4n) is 2.05. The topological polar surface area (TPSA) is 64.3 Å². The van der Waals surface area contributed by atoms with Gasteiger partial charge in [-0.05, 0) is 37.1 Å². The van der Waals surface area contributed by atoms with Gasteiger partial charge in [-0.2, -0.15) is 4.98 Å². The Hall–Kier alpha value is -2.01. The van der Waals surface area contributed by atoms with Crippen molar-refractivity contribution in [3.05, 3.63) is 35.1 Å². The number of hydrogen-bond donors (Lipinski definition) is 1. The normalized spacial score (nSPS) is 10.5. The van der Waals surface area contributed by atoms with Gasteiger partial charge in [0.2, 0.25) is 5.88 Å². The predicted molar refractivity (Wildman–Crippen MR) is 90.9 cm³/mol. The summed E-state index contributed by atoms with van der Waals surface area (Å²) in [5.41, 5.74) is 7.53. The molecule has 0 spiro atoms. The SMILES string of the molecule is CCCCN(C)c1ncnc(Oc2ccc(Cl)c(C)c2)c1N. The van der Waals surface area contributed by atoms with Gasteiger partial charge in [0.05, 0.1) is 0 Å². The molecule has 0 atom stereocenters. The summed E-state index contributed by atoms with van der Waals surface area (Å²) in [4.78, 5) is 10.4. The summed E-state index contributed by atoms with van der Waals surface area (Å²) < 4.78 is 5.78. The van der Waals surface area contributed by atoms with Crippen LogP contribution >= 0.6 is 11.6 Å². The summed E-state index contributed by atoms with van der Waals surface area (Å²) in [5, 5.41) is 0.697. The highest BCUT2D eigenvalue weighted by molar-refractivity contribution is 6.31. The van der Waals surface area contributed by atoms with Crippen LogP contribution in [-0.2, 0) is 0 Å². The third-order valence-electron chi connectivity index (χ3n) is 3.38. The molecule has 1 aromatic carbocycles. The number of benzene rings is 1. The maximum absolute atomic E-state index is 6.15. The first-order chi connectivity index (χ1) is 10.5. The van der Waals surface area contributed by atoms with Crippen LogP contribution in [0, 0.1) is 6.92 Å². The van der Waals surface area contributed by atoms with Crippen molar-refractivity contribution < 1.29 is 4.74 Å². The first kappa shape index (κ1) is 16.4. The first-order valence-electron chi connectivity index (χ1n) is 7.28. The third-order valence-corrected chi connectivity index (χ3v) is 3.80. The summed E-state index contributed by atoms with van der Waals surface area (Å²) in [7, 11) is 1.96. The lowest BCUT2D eigenvalue weighted by Gasteiger charge is -2.20. The van der Waals surface area contributed by atoms with E-state index in [9.17, 15) is 0 Å². The van der Waals surface area contributed by atoms with Gasteiger partial charge in [-0.25, -0.2) is 4.98 Å². The lowest BCUT2D eigenvalue weighted by molar-refractivity contribution is 0.464. The standard InChI is InChI=1S/C16H21ClN4O/c1-4-5-8-21(3)15-14(18)16(20-10-19-15)22-12-6-7-13(17)11(2)9-12/h6-7,9-10H,4-5,8,18H2,1-3H3. The zero-order valence-electron chi connectivity index (χ0n) is 13.1. The molecule has 0 aliphatic carbocycles. The molecule has 5 nitrogen and oxygen atoms in total. The highest BCUT2D eigenvalue weighted by atomic mass is 35.5. The van der Waals surface area contributed by atoms with Crippen LogP contribution in [0.1, 0.15) is 25.3 Å². The molecule has 22 heavy (non-hydrogen) atoms. The van der Waals surface area contributed by atoms with Crippen molar-refractivity contribution in [1.82, 2.24) is 9.97 Å². The van der Waals surface area contributed by atoms with E-state index in [0.717, 1.165) is 24.9 Å². The average Bonchev–Trinajstić information content (AvgIpc) is 2.50. The Bertz CT molecular complexity index is 648. The van der Waals surface area contributed by atoms with E-state index in [1.54, 1.807) is 12.1 Å². The highest BCUT2D eigenvalue weighted by Gasteiger charge is 2.14. The number of aryl methyl sites for hydroxylation is 1. The summed E-state index contributed by atoms with van der Waals surface area (Å²) in [6, 6.07) is 5.43. The quantitative estimate of drug-likeness (QED) is 0.869. The van der Waals surface area contributed by atoms with E-state index in [0.29, 0.717) is 28.2 Å². The van der Waals surface area contributed by atoms with Crippen molar-refractivity contribution in [2.24, 2.45) is 0 Å². The van der Waals surface area contributed by atoms with Crippen molar-refractivity contribution in [1.29, 1.82) is 0 Å². The summed E-state index contributed by atoms with van der Waals surface area (Å²) in [5.74, 6) is 1.69. The van der Waals surface area contributed by atoms with Gasteiger partial charge < -0.3 is 15.4 Å². The average molecular weight is 321 g/mol. The van der Waals surface area contributed by atoms with E-state index in [1.807, 2.05) is 24.9 Å². The molecule has 1 heterocycles. The van der Waals surface area contributed by atoms with E-state index in [4.69, 9.17) is 22.1 Å². The second kappa shape index (κ2) is 7.31. The molecule has 0 aliphatic heterocycles. The maximum atomic E-state index is 6.15. The monoisotopic (exact) mass is 320 g/mol. The van der Waals surface area contributed by atoms with Crippen LogP contribution in [0.15, 0.2) is 24.5 Å². The predicted octanol–water partition coefficient (Wildman–Crippen LogP) is 4.05. The first-order valence-corrected chi connectivity index (χ1v) is 7.66. The summed E-state index contributed by atoms with van der Waals surface area (Å²) in [6.07, 6.45) is 3.65. The number of hydrogen-bond acceptors (Lipinski definition) is 5. The molecule has 118 valence electrons. The second-order valence-electron chi connectivity index (χ2n) is 5.20. The van der Waals surface area contributed by atoms with Crippen molar-refractivity contribution in [2.45, 2.75) is 26.7 Å². The van der Waals surface area contributed by atoms with Gasteiger partial charge in [0.15, 0.2) is 5.82 Å². The van der Waals surface area contributed by atoms with Gasteiger partial charge in [0.1, 0.15) is 17.8 Å². The highest BCUT2D eigenvalue weighted by Crippen LogP contribution is 2.32. The van der Waals surface area contributed by atoms with Gasteiger partial charge in [-0.1, -0.05) is 24.9 Å². The lowest BCUT2D eigenvalue weighted by atomic mass is 10.2. The lowest BCUT2D eigenvalue weighted by Crippen LogP contribution is -2.21. The molecule has 1 aromatic heterocycles. The largest absolute Gasteiger partial charge is 0.437 e. The Morgan fingerprint density at radius 2 is 2.09 bits per heavy atom. The smallest absolute Gasteiger partial charge is 0.248 e. The van der Waals surface area contributed by atoms with Gasteiger partial charge in [-0.3, -0.25) is 0 Å². The summed E-state index contributed by atoms with van der Waals surface area (Å²) >= 11 is 6.02. The van der Waals surface area contributed by atoms with E-state index < -0.39 is 0 Å². The second-order valence-corrected chi connectivity index (χ2v) is 5.61. The van der Waals surface area contributed by atoms with E-state index in [-0.39, 0.29) is 0 Å². The van der Waals surface area contributed by atoms with E-state index >= 15 is 0 Å². The van der Waals surface area contributed by atoms with Crippen LogP contribution in [0.2, 0.25) is 5.02 Å².